The maximum Gasteiger partial charge on any atom is 0.306 e. The van der Waals surface area contributed by atoms with E-state index in [2.05, 4.69) is 16.1 Å². The van der Waals surface area contributed by atoms with Gasteiger partial charge in [0.2, 0.25) is 5.91 Å². The van der Waals surface area contributed by atoms with Crippen LogP contribution in [0.1, 0.15) is 83.5 Å². The number of hydrazine groups is 1. The van der Waals surface area contributed by atoms with Gasteiger partial charge in [-0.15, -0.1) is 0 Å². The number of cyclic esters (lactones) is 1. The minimum Gasteiger partial charge on any atom is -0.452 e. The number of hydrogen-bond acceptors (Lipinski definition) is 8. The molecule has 5 bridgehead atoms. The number of nitrogens with zero attached hydrogens (tertiary/aromatic N) is 2. The number of fused-ring (bicyclic) bond motifs is 4. The summed E-state index contributed by atoms with van der Waals surface area (Å²) in [5, 5.41) is 18.4. The van der Waals surface area contributed by atoms with Crippen LogP contribution in [0.3, 0.4) is 0 Å². The molecule has 3 amide bonds. The van der Waals surface area contributed by atoms with E-state index in [9.17, 15) is 24.3 Å². The maximum atomic E-state index is 13.2. The van der Waals surface area contributed by atoms with Crippen molar-refractivity contribution in [2.24, 2.45) is 5.92 Å². The SMILES string of the molecule is CC(C)[C@@H]1OC(=O)CC[C@@H](O)CC/C=C/c2ccc3ccc(nc3c2)[C@@H](C)NC(=O)C2CCCN(N2)C(=O)[C@H](C)NC1=O. The number of hydrogen-bond donors (Lipinski definition) is 4. The van der Waals surface area contributed by atoms with Crippen LogP contribution in [0.15, 0.2) is 36.4 Å². The molecular formula is C32H43N5O6. The van der Waals surface area contributed by atoms with Gasteiger partial charge in [0.25, 0.3) is 11.8 Å². The molecule has 1 fully saturated rings. The summed E-state index contributed by atoms with van der Waals surface area (Å²) in [5.74, 6) is -2.15. The Bertz CT molecular complexity index is 1360. The quantitative estimate of drug-likeness (QED) is 0.369. The van der Waals surface area contributed by atoms with Crippen LogP contribution in [0, 0.1) is 5.92 Å². The van der Waals surface area contributed by atoms with E-state index in [4.69, 9.17) is 9.72 Å². The highest BCUT2D eigenvalue weighted by atomic mass is 16.5. The number of amides is 3. The number of carbonyl (C=O) groups excluding carboxylic acids is 4. The summed E-state index contributed by atoms with van der Waals surface area (Å²) in [4.78, 5) is 56.8. The van der Waals surface area contributed by atoms with Gasteiger partial charge >= 0.3 is 5.97 Å². The normalized spacial score (nSPS) is 27.8. The van der Waals surface area contributed by atoms with Gasteiger partial charge < -0.3 is 20.5 Å². The minimum atomic E-state index is -1.09. The van der Waals surface area contributed by atoms with Crippen LogP contribution in [0.2, 0.25) is 0 Å². The lowest BCUT2D eigenvalue weighted by Gasteiger charge is -2.35. The lowest BCUT2D eigenvalue weighted by molar-refractivity contribution is -0.160. The molecule has 1 unspecified atom stereocenters. The van der Waals surface area contributed by atoms with Crippen LogP contribution in [-0.4, -0.2) is 69.6 Å². The van der Waals surface area contributed by atoms with E-state index >= 15 is 0 Å². The molecule has 0 radical (unpaired) electrons. The Morgan fingerprint density at radius 2 is 1.72 bits per heavy atom. The number of aliphatic hydroxyl groups is 1. The molecule has 11 nitrogen and oxygen atoms in total. The van der Waals surface area contributed by atoms with Gasteiger partial charge in [0.15, 0.2) is 6.10 Å². The van der Waals surface area contributed by atoms with Crippen LogP contribution in [-0.2, 0) is 23.9 Å². The molecule has 5 atom stereocenters. The van der Waals surface area contributed by atoms with E-state index in [1.54, 1.807) is 20.8 Å². The molecule has 11 heteroatoms. The Kier molecular flexibility index (Phi) is 10.9. The Morgan fingerprint density at radius 1 is 0.977 bits per heavy atom. The first-order valence-corrected chi connectivity index (χ1v) is 15.1. The zero-order valence-electron chi connectivity index (χ0n) is 25.3. The molecule has 1 aromatic carbocycles. The van der Waals surface area contributed by atoms with Crippen molar-refractivity contribution in [2.75, 3.05) is 6.54 Å². The summed E-state index contributed by atoms with van der Waals surface area (Å²) in [6.07, 6.45) is 4.56. The first-order valence-electron chi connectivity index (χ1n) is 15.1. The van der Waals surface area contributed by atoms with Gasteiger partial charge in [0.05, 0.1) is 23.4 Å². The topological polar surface area (TPSA) is 150 Å². The third kappa shape index (κ3) is 8.61. The third-order valence-corrected chi connectivity index (χ3v) is 7.82. The molecular weight excluding hydrogens is 550 g/mol. The molecule has 3 heterocycles. The maximum absolute atomic E-state index is 13.2. The summed E-state index contributed by atoms with van der Waals surface area (Å²) >= 11 is 0. The predicted octanol–water partition coefficient (Wildman–Crippen LogP) is 2.93. The van der Waals surface area contributed by atoms with Crippen molar-refractivity contribution in [3.05, 3.63) is 47.7 Å². The fourth-order valence-electron chi connectivity index (χ4n) is 5.24. The number of rotatable bonds is 1. The highest BCUT2D eigenvalue weighted by Crippen LogP contribution is 2.20. The lowest BCUT2D eigenvalue weighted by atomic mass is 10.1. The fraction of sp³-hybridized carbons (Fsp3) is 0.531. The Labute approximate surface area is 252 Å². The zero-order chi connectivity index (χ0) is 31.1. The standard InChI is InChI=1S/C32H43N5O6/c1-19(2)29-31(41)34-21(4)32(42)37-17-7-10-26(36-37)30(40)33-20(3)25-15-13-23-12-11-22(18-27(23)35-25)8-5-6-9-24(38)14-16-28(39)43-29/h5,8,11-13,15,18-21,24,26,29,36,38H,6-7,9-10,14,16-17H2,1-4H3,(H,33,40)(H,34,41)/b8-5+/t20-,21+,24+,26?,29+/m1/s1. The van der Waals surface area contributed by atoms with Gasteiger partial charge in [0, 0.05) is 18.4 Å². The average molecular weight is 594 g/mol. The van der Waals surface area contributed by atoms with Crippen molar-refractivity contribution in [1.29, 1.82) is 0 Å². The van der Waals surface area contributed by atoms with Crippen LogP contribution in [0.5, 0.6) is 0 Å². The molecule has 4 rings (SSSR count). The minimum absolute atomic E-state index is 0.0336. The first-order chi connectivity index (χ1) is 20.5. The number of benzene rings is 1. The largest absolute Gasteiger partial charge is 0.452 e. The van der Waals surface area contributed by atoms with Gasteiger partial charge in [-0.3, -0.25) is 29.2 Å². The van der Waals surface area contributed by atoms with E-state index < -0.39 is 42.1 Å². The van der Waals surface area contributed by atoms with Crippen molar-refractivity contribution in [3.63, 3.8) is 0 Å². The van der Waals surface area contributed by atoms with Gasteiger partial charge in [-0.2, -0.15) is 0 Å². The smallest absolute Gasteiger partial charge is 0.306 e. The Morgan fingerprint density at radius 3 is 2.49 bits per heavy atom. The number of aromatic nitrogens is 1. The zero-order valence-corrected chi connectivity index (χ0v) is 25.3. The number of allylic oxidation sites excluding steroid dienone is 1. The summed E-state index contributed by atoms with van der Waals surface area (Å²) < 4.78 is 5.47. The van der Waals surface area contributed by atoms with Crippen LogP contribution in [0.25, 0.3) is 17.0 Å². The highest BCUT2D eigenvalue weighted by molar-refractivity contribution is 5.90. The molecule has 0 spiro atoms. The van der Waals surface area contributed by atoms with Crippen molar-refractivity contribution in [1.82, 2.24) is 26.1 Å². The molecule has 2 aliphatic heterocycles. The van der Waals surface area contributed by atoms with Gasteiger partial charge in [0.1, 0.15) is 12.1 Å². The number of pyridine rings is 1. The van der Waals surface area contributed by atoms with Crippen molar-refractivity contribution < 1.29 is 29.0 Å². The number of aliphatic hydroxyl groups excluding tert-OH is 1. The van der Waals surface area contributed by atoms with Crippen LogP contribution >= 0.6 is 0 Å². The first kappa shape index (κ1) is 32.1. The number of ether oxygens (including phenoxy) is 1. The molecule has 43 heavy (non-hydrogen) atoms. The number of nitrogens with one attached hydrogen (secondary N) is 3. The Balaban J connectivity index is 1.55. The van der Waals surface area contributed by atoms with Gasteiger partial charge in [-0.05, 0) is 69.6 Å². The second-order valence-electron chi connectivity index (χ2n) is 11.8. The second kappa shape index (κ2) is 14.6. The highest BCUT2D eigenvalue weighted by Gasteiger charge is 2.33. The summed E-state index contributed by atoms with van der Waals surface area (Å²) in [5.41, 5.74) is 5.49. The van der Waals surface area contributed by atoms with Crippen molar-refractivity contribution in [2.45, 2.75) is 96.6 Å². The van der Waals surface area contributed by atoms with Crippen LogP contribution < -0.4 is 16.1 Å². The van der Waals surface area contributed by atoms with Crippen LogP contribution in [0.4, 0.5) is 0 Å². The van der Waals surface area contributed by atoms with Gasteiger partial charge in [-0.1, -0.05) is 44.2 Å². The van der Waals surface area contributed by atoms with E-state index in [0.29, 0.717) is 37.9 Å². The molecule has 232 valence electrons. The molecule has 1 saturated heterocycles. The predicted molar refractivity (Wildman–Crippen MR) is 162 cm³/mol. The third-order valence-electron chi connectivity index (χ3n) is 7.82. The summed E-state index contributed by atoms with van der Waals surface area (Å²) in [7, 11) is 0. The van der Waals surface area contributed by atoms with Crippen molar-refractivity contribution >= 4 is 40.7 Å². The van der Waals surface area contributed by atoms with E-state index in [1.807, 2.05) is 49.4 Å². The second-order valence-corrected chi connectivity index (χ2v) is 11.8. The fourth-order valence-corrected chi connectivity index (χ4v) is 5.24. The van der Waals surface area contributed by atoms with E-state index in [0.717, 1.165) is 16.5 Å². The average Bonchev–Trinajstić information content (AvgIpc) is 2.99. The monoisotopic (exact) mass is 593 g/mol. The van der Waals surface area contributed by atoms with E-state index in [1.165, 1.54) is 5.01 Å². The molecule has 2 aromatic rings. The van der Waals surface area contributed by atoms with E-state index in [-0.39, 0.29) is 30.7 Å². The Hall–Kier alpha value is -3.83. The van der Waals surface area contributed by atoms with Gasteiger partial charge in [-0.25, -0.2) is 5.43 Å². The number of carbonyl (C=O) groups is 4. The van der Waals surface area contributed by atoms with Crippen molar-refractivity contribution in [3.8, 4) is 0 Å². The molecule has 4 N–H and O–H groups in total. The molecule has 0 aliphatic carbocycles. The molecule has 0 saturated carbocycles. The summed E-state index contributed by atoms with van der Waals surface area (Å²) in [6.45, 7) is 7.31. The summed E-state index contributed by atoms with van der Waals surface area (Å²) in [6, 6.07) is 7.91. The lowest BCUT2D eigenvalue weighted by Crippen LogP contribution is -2.61. The molecule has 1 aromatic heterocycles. The molecule has 2 aliphatic rings. The number of esters is 1.